The number of hydrogen-bond acceptors (Lipinski definition) is 2. The fourth-order valence-electron chi connectivity index (χ4n) is 2.89. The van der Waals surface area contributed by atoms with Gasteiger partial charge in [-0.2, -0.15) is 13.2 Å². The topological polar surface area (TPSA) is 49.4 Å². The lowest BCUT2D eigenvalue weighted by Crippen LogP contribution is -2.40. The van der Waals surface area contributed by atoms with Gasteiger partial charge in [0.1, 0.15) is 0 Å². The molecule has 27 heavy (non-hydrogen) atoms. The van der Waals surface area contributed by atoms with Crippen LogP contribution >= 0.6 is 0 Å². The monoisotopic (exact) mass is 374 g/mol. The third-order valence-electron chi connectivity index (χ3n) is 4.24. The van der Waals surface area contributed by atoms with Crippen molar-refractivity contribution < 1.29 is 22.8 Å². The van der Waals surface area contributed by atoms with E-state index in [4.69, 9.17) is 0 Å². The Morgan fingerprint density at radius 3 is 2.33 bits per heavy atom. The molecule has 3 rings (SSSR count). The van der Waals surface area contributed by atoms with E-state index in [1.165, 1.54) is 4.90 Å². The zero-order chi connectivity index (χ0) is 19.4. The molecular formula is C20H17F3N2O2. The molecule has 2 amide bonds. The minimum atomic E-state index is -4.96. The number of nitrogens with one attached hydrogen (secondary N) is 1. The Balaban J connectivity index is 1.82. The molecule has 4 nitrogen and oxygen atoms in total. The number of amides is 2. The van der Waals surface area contributed by atoms with Gasteiger partial charge in [0.15, 0.2) is 0 Å². The molecule has 0 atom stereocenters. The van der Waals surface area contributed by atoms with Crippen molar-refractivity contribution in [1.82, 2.24) is 5.32 Å². The van der Waals surface area contributed by atoms with Gasteiger partial charge in [-0.15, -0.1) is 0 Å². The van der Waals surface area contributed by atoms with Gasteiger partial charge in [-0.3, -0.25) is 9.59 Å². The van der Waals surface area contributed by atoms with Gasteiger partial charge in [0.25, 0.3) is 0 Å². The van der Waals surface area contributed by atoms with Gasteiger partial charge >= 0.3 is 12.1 Å². The van der Waals surface area contributed by atoms with E-state index in [1.54, 1.807) is 17.4 Å². The number of carbonyl (C=O) groups is 2. The van der Waals surface area contributed by atoms with Crippen molar-refractivity contribution in [3.05, 3.63) is 65.2 Å². The molecule has 0 saturated heterocycles. The fraction of sp³-hybridized carbons (Fsp3) is 0.200. The number of rotatable bonds is 3. The van der Waals surface area contributed by atoms with Crippen molar-refractivity contribution >= 4 is 29.7 Å². The summed E-state index contributed by atoms with van der Waals surface area (Å²) in [7, 11) is 0. The minimum absolute atomic E-state index is 0.234. The van der Waals surface area contributed by atoms with E-state index in [9.17, 15) is 22.8 Å². The van der Waals surface area contributed by atoms with Gasteiger partial charge in [-0.1, -0.05) is 54.6 Å². The maximum Gasteiger partial charge on any atom is 0.471 e. The van der Waals surface area contributed by atoms with Gasteiger partial charge < -0.3 is 10.2 Å². The molecule has 0 unspecified atom stereocenters. The number of hydrogen-bond donors (Lipinski definition) is 1. The van der Waals surface area contributed by atoms with Gasteiger partial charge in [-0.25, -0.2) is 0 Å². The van der Waals surface area contributed by atoms with Crippen LogP contribution in [0.2, 0.25) is 0 Å². The Bertz CT molecular complexity index is 891. The number of para-hydroxylation sites is 1. The van der Waals surface area contributed by atoms with Crippen LogP contribution in [0.5, 0.6) is 0 Å². The second-order valence-corrected chi connectivity index (χ2v) is 6.07. The summed E-state index contributed by atoms with van der Waals surface area (Å²) in [5.41, 5.74) is 3.40. The number of nitrogens with zero attached hydrogens (tertiary/aromatic N) is 1. The van der Waals surface area contributed by atoms with E-state index in [0.29, 0.717) is 12.2 Å². The van der Waals surface area contributed by atoms with Gasteiger partial charge in [0.05, 0.1) is 12.2 Å². The Morgan fingerprint density at radius 2 is 1.59 bits per heavy atom. The van der Waals surface area contributed by atoms with E-state index in [0.717, 1.165) is 16.7 Å². The first-order valence-electron chi connectivity index (χ1n) is 8.36. The van der Waals surface area contributed by atoms with Crippen LogP contribution < -0.4 is 10.2 Å². The number of alkyl halides is 3. The third kappa shape index (κ3) is 4.36. The van der Waals surface area contributed by atoms with Crippen LogP contribution in [0.25, 0.3) is 12.2 Å². The highest BCUT2D eigenvalue weighted by Crippen LogP contribution is 2.29. The van der Waals surface area contributed by atoms with E-state index < -0.39 is 12.1 Å². The van der Waals surface area contributed by atoms with Gasteiger partial charge in [0, 0.05) is 13.0 Å². The Hall–Kier alpha value is -3.09. The average Bonchev–Trinajstić information content (AvgIpc) is 2.62. The first-order chi connectivity index (χ1) is 12.9. The first-order valence-corrected chi connectivity index (χ1v) is 8.36. The molecule has 7 heteroatoms. The highest BCUT2D eigenvalue weighted by Gasteiger charge is 2.38. The molecule has 140 valence electrons. The van der Waals surface area contributed by atoms with Crippen LogP contribution in [0.15, 0.2) is 48.5 Å². The Labute approximate surface area is 154 Å². The Morgan fingerprint density at radius 1 is 0.963 bits per heavy atom. The van der Waals surface area contributed by atoms with Crippen LogP contribution in [0, 0.1) is 0 Å². The maximum atomic E-state index is 12.7. The number of fused-ring (bicyclic) bond motifs is 2. The predicted octanol–water partition coefficient (Wildman–Crippen LogP) is 3.77. The molecule has 0 saturated carbocycles. The summed E-state index contributed by atoms with van der Waals surface area (Å²) in [6.07, 6.45) is -1.32. The number of halogens is 3. The molecule has 2 aromatic rings. The van der Waals surface area contributed by atoms with Crippen molar-refractivity contribution in [1.29, 1.82) is 0 Å². The molecule has 1 N–H and O–H groups in total. The highest BCUT2D eigenvalue weighted by molar-refractivity contribution is 5.97. The first kappa shape index (κ1) is 18.7. The van der Waals surface area contributed by atoms with Gasteiger partial charge in [0.2, 0.25) is 5.91 Å². The molecule has 0 aliphatic carbocycles. The minimum Gasteiger partial charge on any atom is -0.348 e. The molecule has 0 aromatic heterocycles. The van der Waals surface area contributed by atoms with Crippen molar-refractivity contribution in [2.75, 3.05) is 11.4 Å². The lowest BCUT2D eigenvalue weighted by atomic mass is 10.0. The smallest absolute Gasteiger partial charge is 0.348 e. The molecule has 1 heterocycles. The lowest BCUT2D eigenvalue weighted by Gasteiger charge is -2.27. The van der Waals surface area contributed by atoms with Crippen LogP contribution in [-0.4, -0.2) is 24.5 Å². The molecule has 0 bridgehead atoms. The number of anilines is 1. The van der Waals surface area contributed by atoms with Crippen molar-refractivity contribution in [3.63, 3.8) is 0 Å². The second kappa shape index (κ2) is 7.65. The van der Waals surface area contributed by atoms with Crippen LogP contribution in [0.4, 0.5) is 18.9 Å². The number of carbonyl (C=O) groups excluding carboxylic acids is 2. The zero-order valence-corrected chi connectivity index (χ0v) is 14.3. The summed E-state index contributed by atoms with van der Waals surface area (Å²) in [5, 5.41) is 1.74. The SMILES string of the molecule is O=C(CCNC(=O)C(F)(F)F)N1Cc2ccccc2C=Cc2ccccc21. The van der Waals surface area contributed by atoms with Crippen molar-refractivity contribution in [2.45, 2.75) is 19.1 Å². The predicted molar refractivity (Wildman–Crippen MR) is 96.7 cm³/mol. The quantitative estimate of drug-likeness (QED) is 0.889. The standard InChI is InChI=1S/C20H17F3N2O2/c21-20(22,23)19(27)24-12-11-18(26)25-13-16-7-2-1-5-14(16)9-10-15-6-3-4-8-17(15)25/h1-10H,11-13H2,(H,24,27). The molecule has 0 spiro atoms. The second-order valence-electron chi connectivity index (χ2n) is 6.07. The summed E-state index contributed by atoms with van der Waals surface area (Å²) in [4.78, 5) is 25.2. The fourth-order valence-corrected chi connectivity index (χ4v) is 2.89. The number of benzene rings is 2. The molecular weight excluding hydrogens is 357 g/mol. The molecule has 0 radical (unpaired) electrons. The lowest BCUT2D eigenvalue weighted by molar-refractivity contribution is -0.173. The van der Waals surface area contributed by atoms with E-state index in [2.05, 4.69) is 0 Å². The van der Waals surface area contributed by atoms with Gasteiger partial charge in [-0.05, 0) is 22.8 Å². The normalized spacial score (nSPS) is 13.2. The van der Waals surface area contributed by atoms with E-state index in [1.807, 2.05) is 48.6 Å². The summed E-state index contributed by atoms with van der Waals surface area (Å²) < 4.78 is 36.8. The van der Waals surface area contributed by atoms with Crippen LogP contribution in [0.3, 0.4) is 0 Å². The zero-order valence-electron chi connectivity index (χ0n) is 14.3. The summed E-state index contributed by atoms with van der Waals surface area (Å²) in [6.45, 7) is -0.0864. The van der Waals surface area contributed by atoms with Crippen LogP contribution in [-0.2, 0) is 16.1 Å². The summed E-state index contributed by atoms with van der Waals surface area (Å²) in [6, 6.07) is 14.9. The maximum absolute atomic E-state index is 12.7. The Kier molecular flexibility index (Phi) is 5.30. The highest BCUT2D eigenvalue weighted by atomic mass is 19.4. The molecule has 2 aromatic carbocycles. The third-order valence-corrected chi connectivity index (χ3v) is 4.24. The van der Waals surface area contributed by atoms with E-state index >= 15 is 0 Å². The molecule has 1 aliphatic heterocycles. The van der Waals surface area contributed by atoms with Crippen LogP contribution in [0.1, 0.15) is 23.1 Å². The largest absolute Gasteiger partial charge is 0.471 e. The van der Waals surface area contributed by atoms with Crippen molar-refractivity contribution in [2.24, 2.45) is 0 Å². The van der Waals surface area contributed by atoms with E-state index in [-0.39, 0.29) is 18.9 Å². The summed E-state index contributed by atoms with van der Waals surface area (Å²) in [5.74, 6) is -2.41. The molecule has 0 fully saturated rings. The summed E-state index contributed by atoms with van der Waals surface area (Å²) >= 11 is 0. The average molecular weight is 374 g/mol. The molecule has 1 aliphatic rings. The van der Waals surface area contributed by atoms with Crippen molar-refractivity contribution in [3.8, 4) is 0 Å².